The van der Waals surface area contributed by atoms with Crippen LogP contribution in [0.3, 0.4) is 0 Å². The molecule has 1 aromatic heterocycles. The monoisotopic (exact) mass is 285 g/mol. The van der Waals surface area contributed by atoms with Gasteiger partial charge in [-0.2, -0.15) is 0 Å². The van der Waals surface area contributed by atoms with Crippen molar-refractivity contribution in [2.75, 3.05) is 6.54 Å². The van der Waals surface area contributed by atoms with E-state index in [0.717, 1.165) is 5.56 Å². The third kappa shape index (κ3) is 4.20. The molecule has 0 unspecified atom stereocenters. The average Bonchev–Trinajstić information content (AvgIpc) is 2.74. The van der Waals surface area contributed by atoms with Crippen molar-refractivity contribution in [1.82, 2.24) is 15.2 Å². The van der Waals surface area contributed by atoms with E-state index < -0.39 is 0 Å². The zero-order chi connectivity index (χ0) is 15.2. The van der Waals surface area contributed by atoms with Crippen molar-refractivity contribution in [3.8, 4) is 0 Å². The van der Waals surface area contributed by atoms with Crippen LogP contribution in [0.4, 0.5) is 0 Å². The molecule has 1 aromatic carbocycles. The Kier molecular flexibility index (Phi) is 5.17. The van der Waals surface area contributed by atoms with Gasteiger partial charge in [-0.25, -0.2) is 0 Å². The van der Waals surface area contributed by atoms with Crippen LogP contribution in [0, 0.1) is 13.8 Å². The summed E-state index contributed by atoms with van der Waals surface area (Å²) < 4.78 is 2.16. The third-order valence-corrected chi connectivity index (χ3v) is 3.81. The van der Waals surface area contributed by atoms with E-state index in [9.17, 15) is 4.79 Å². The molecule has 4 nitrogen and oxygen atoms in total. The molecule has 2 aromatic rings. The molecule has 0 atom stereocenters. The molecule has 0 radical (unpaired) electrons. The smallest absolute Gasteiger partial charge is 0.234 e. The second-order valence-corrected chi connectivity index (χ2v) is 5.32. The molecule has 0 aliphatic heterocycles. The fourth-order valence-corrected chi connectivity index (χ4v) is 2.28. The number of benzene rings is 1. The van der Waals surface area contributed by atoms with Gasteiger partial charge in [-0.15, -0.1) is 0 Å². The largest absolute Gasteiger partial charge is 0.352 e. The van der Waals surface area contributed by atoms with Gasteiger partial charge in [0.25, 0.3) is 0 Å². The summed E-state index contributed by atoms with van der Waals surface area (Å²) in [5.41, 5.74) is 4.83. The average molecular weight is 285 g/mol. The van der Waals surface area contributed by atoms with E-state index in [-0.39, 0.29) is 5.91 Å². The molecule has 0 saturated carbocycles. The number of hydrogen-bond donors (Lipinski definition) is 2. The number of nitrogens with one attached hydrogen (secondary N) is 2. The number of hydrogen-bond acceptors (Lipinski definition) is 2. The van der Waals surface area contributed by atoms with E-state index in [1.165, 1.54) is 17.0 Å². The van der Waals surface area contributed by atoms with E-state index in [1.54, 1.807) is 0 Å². The van der Waals surface area contributed by atoms with Crippen LogP contribution in [0.15, 0.2) is 36.4 Å². The Hall–Kier alpha value is -2.07. The summed E-state index contributed by atoms with van der Waals surface area (Å²) in [6, 6.07) is 12.1. The summed E-state index contributed by atoms with van der Waals surface area (Å²) >= 11 is 0. The van der Waals surface area contributed by atoms with Gasteiger partial charge in [0.05, 0.1) is 6.54 Å². The molecule has 0 fully saturated rings. The van der Waals surface area contributed by atoms with Gasteiger partial charge in [-0.1, -0.05) is 30.3 Å². The summed E-state index contributed by atoms with van der Waals surface area (Å²) in [6.07, 6.45) is 0. The van der Waals surface area contributed by atoms with Gasteiger partial charge < -0.3 is 15.2 Å². The first-order chi connectivity index (χ1) is 10.1. The number of aryl methyl sites for hydroxylation is 1. The first-order valence-electron chi connectivity index (χ1n) is 7.21. The van der Waals surface area contributed by atoms with Crippen LogP contribution in [-0.2, 0) is 24.9 Å². The Labute approximate surface area is 126 Å². The molecule has 2 rings (SSSR count). The number of nitrogens with zero attached hydrogens (tertiary/aromatic N) is 1. The molecule has 0 saturated heterocycles. The number of amides is 1. The van der Waals surface area contributed by atoms with Crippen LogP contribution in [0.5, 0.6) is 0 Å². The predicted molar refractivity (Wildman–Crippen MR) is 84.9 cm³/mol. The van der Waals surface area contributed by atoms with Gasteiger partial charge in [0.1, 0.15) is 0 Å². The molecular weight excluding hydrogens is 262 g/mol. The topological polar surface area (TPSA) is 46.1 Å². The molecule has 1 amide bonds. The Morgan fingerprint density at radius 3 is 2.48 bits per heavy atom. The highest BCUT2D eigenvalue weighted by molar-refractivity contribution is 5.77. The maximum Gasteiger partial charge on any atom is 0.234 e. The molecule has 0 aliphatic rings. The van der Waals surface area contributed by atoms with Crippen molar-refractivity contribution in [2.24, 2.45) is 7.05 Å². The molecule has 0 spiro atoms. The minimum absolute atomic E-state index is 0.0177. The van der Waals surface area contributed by atoms with Gasteiger partial charge in [-0.3, -0.25) is 4.79 Å². The van der Waals surface area contributed by atoms with Gasteiger partial charge in [0.15, 0.2) is 0 Å². The van der Waals surface area contributed by atoms with Gasteiger partial charge >= 0.3 is 0 Å². The zero-order valence-corrected chi connectivity index (χ0v) is 12.9. The van der Waals surface area contributed by atoms with E-state index in [4.69, 9.17) is 0 Å². The summed E-state index contributed by atoms with van der Waals surface area (Å²) in [7, 11) is 2.06. The van der Waals surface area contributed by atoms with E-state index in [2.05, 4.69) is 42.2 Å². The fraction of sp³-hybridized carbons (Fsp3) is 0.353. The first-order valence-corrected chi connectivity index (χ1v) is 7.21. The van der Waals surface area contributed by atoms with Gasteiger partial charge in [0.2, 0.25) is 5.91 Å². The second-order valence-electron chi connectivity index (χ2n) is 5.32. The maximum absolute atomic E-state index is 11.8. The minimum atomic E-state index is 0.0177. The number of carbonyl (C=O) groups is 1. The lowest BCUT2D eigenvalue weighted by Crippen LogP contribution is -2.33. The van der Waals surface area contributed by atoms with Crippen LogP contribution in [0.25, 0.3) is 0 Å². The highest BCUT2D eigenvalue weighted by Gasteiger charge is 2.06. The Morgan fingerprint density at radius 2 is 1.86 bits per heavy atom. The molecular formula is C17H23N3O. The lowest BCUT2D eigenvalue weighted by Gasteiger charge is -2.07. The second kappa shape index (κ2) is 7.09. The normalized spacial score (nSPS) is 10.6. The highest BCUT2D eigenvalue weighted by Crippen LogP contribution is 2.12. The number of rotatable bonds is 6. The zero-order valence-electron chi connectivity index (χ0n) is 12.9. The van der Waals surface area contributed by atoms with Crippen molar-refractivity contribution in [2.45, 2.75) is 26.9 Å². The van der Waals surface area contributed by atoms with E-state index in [1.807, 2.05) is 30.3 Å². The lowest BCUT2D eigenvalue weighted by atomic mass is 10.2. The number of carbonyl (C=O) groups excluding carboxylic acids is 1. The van der Waals surface area contributed by atoms with E-state index >= 15 is 0 Å². The fourth-order valence-electron chi connectivity index (χ4n) is 2.28. The Balaban J connectivity index is 1.73. The highest BCUT2D eigenvalue weighted by atomic mass is 16.1. The van der Waals surface area contributed by atoms with Crippen LogP contribution < -0.4 is 10.6 Å². The Morgan fingerprint density at radius 1 is 1.14 bits per heavy atom. The maximum atomic E-state index is 11.8. The standard InChI is InChI=1S/C17H23N3O/c1-13-9-16(14(2)20(13)3)11-18-12-17(21)19-10-15-7-5-4-6-8-15/h4-9,18H,10-12H2,1-3H3,(H,19,21). The van der Waals surface area contributed by atoms with Crippen molar-refractivity contribution < 1.29 is 4.79 Å². The summed E-state index contributed by atoms with van der Waals surface area (Å²) in [5, 5.41) is 6.10. The van der Waals surface area contributed by atoms with Gasteiger partial charge in [0, 0.05) is 31.5 Å². The van der Waals surface area contributed by atoms with Crippen molar-refractivity contribution >= 4 is 5.91 Å². The minimum Gasteiger partial charge on any atom is -0.352 e. The Bertz CT molecular complexity index is 602. The van der Waals surface area contributed by atoms with Crippen molar-refractivity contribution in [1.29, 1.82) is 0 Å². The van der Waals surface area contributed by atoms with Gasteiger partial charge in [-0.05, 0) is 31.0 Å². The molecule has 0 aliphatic carbocycles. The van der Waals surface area contributed by atoms with Crippen LogP contribution in [0.1, 0.15) is 22.5 Å². The summed E-state index contributed by atoms with van der Waals surface area (Å²) in [4.78, 5) is 11.8. The van der Waals surface area contributed by atoms with Crippen LogP contribution in [0.2, 0.25) is 0 Å². The first kappa shape index (κ1) is 15.3. The molecule has 112 valence electrons. The lowest BCUT2D eigenvalue weighted by molar-refractivity contribution is -0.120. The SMILES string of the molecule is Cc1cc(CNCC(=O)NCc2ccccc2)c(C)n1C. The van der Waals surface area contributed by atoms with Crippen LogP contribution in [-0.4, -0.2) is 17.0 Å². The van der Waals surface area contributed by atoms with Crippen molar-refractivity contribution in [3.63, 3.8) is 0 Å². The molecule has 0 bridgehead atoms. The van der Waals surface area contributed by atoms with Crippen molar-refractivity contribution in [3.05, 3.63) is 58.9 Å². The summed E-state index contributed by atoms with van der Waals surface area (Å²) in [5.74, 6) is 0.0177. The van der Waals surface area contributed by atoms with Crippen LogP contribution >= 0.6 is 0 Å². The predicted octanol–water partition coefficient (Wildman–Crippen LogP) is 2.05. The molecule has 1 heterocycles. The van der Waals surface area contributed by atoms with E-state index in [0.29, 0.717) is 19.6 Å². The molecule has 2 N–H and O–H groups in total. The number of aromatic nitrogens is 1. The molecule has 21 heavy (non-hydrogen) atoms. The summed E-state index contributed by atoms with van der Waals surface area (Å²) in [6.45, 7) is 5.81. The quantitative estimate of drug-likeness (QED) is 0.853. The molecule has 4 heteroatoms. The third-order valence-electron chi connectivity index (χ3n) is 3.81.